The molecule has 2 nitrogen and oxygen atoms in total. The SMILES string of the molecule is C#CCC(=C)OCc1ccccc1.C=CC.CC.CC([C@H](C)CCCc1ccc(F)cc1)N(C)c1ccc(F)cc1. The number of halogens is 2. The summed E-state index contributed by atoms with van der Waals surface area (Å²) in [6.07, 6.45) is 10.5. The van der Waals surface area contributed by atoms with Crippen LogP contribution in [0.4, 0.5) is 14.5 Å². The highest BCUT2D eigenvalue weighted by molar-refractivity contribution is 5.46. The van der Waals surface area contributed by atoms with Crippen molar-refractivity contribution in [1.82, 2.24) is 0 Å². The minimum atomic E-state index is -0.206. The molecule has 4 heteroatoms. The maximum absolute atomic E-state index is 13.0. The van der Waals surface area contributed by atoms with Crippen LogP contribution in [0.1, 0.15) is 65.0 Å². The molecule has 0 saturated carbocycles. The molecule has 41 heavy (non-hydrogen) atoms. The first kappa shape index (κ1) is 37.2. The van der Waals surface area contributed by atoms with E-state index in [0.717, 1.165) is 30.5 Å². The average Bonchev–Trinajstić information content (AvgIpc) is 2.99. The maximum Gasteiger partial charge on any atom is 0.123 e. The van der Waals surface area contributed by atoms with Gasteiger partial charge in [-0.1, -0.05) is 81.8 Å². The molecule has 0 heterocycles. The van der Waals surface area contributed by atoms with E-state index >= 15 is 0 Å². The van der Waals surface area contributed by atoms with Crippen LogP contribution in [0, 0.1) is 29.9 Å². The lowest BCUT2D eigenvalue weighted by Gasteiger charge is -2.32. The Morgan fingerprint density at radius 3 is 1.95 bits per heavy atom. The van der Waals surface area contributed by atoms with Crippen LogP contribution in [0.2, 0.25) is 0 Å². The van der Waals surface area contributed by atoms with Gasteiger partial charge < -0.3 is 9.64 Å². The van der Waals surface area contributed by atoms with Crippen LogP contribution in [0.5, 0.6) is 0 Å². The fourth-order valence-electron chi connectivity index (χ4n) is 3.74. The Labute approximate surface area is 248 Å². The van der Waals surface area contributed by atoms with Gasteiger partial charge in [0, 0.05) is 18.8 Å². The lowest BCUT2D eigenvalue weighted by molar-refractivity contribution is 0.197. The van der Waals surface area contributed by atoms with Crippen LogP contribution in [0.3, 0.4) is 0 Å². The van der Waals surface area contributed by atoms with E-state index in [4.69, 9.17) is 11.2 Å². The molecule has 222 valence electrons. The molecule has 0 radical (unpaired) electrons. The summed E-state index contributed by atoms with van der Waals surface area (Å²) < 4.78 is 31.2. The summed E-state index contributed by atoms with van der Waals surface area (Å²) in [5.74, 6) is 3.25. The Morgan fingerprint density at radius 2 is 1.44 bits per heavy atom. The number of terminal acetylenes is 1. The molecule has 0 amide bonds. The maximum atomic E-state index is 13.0. The molecule has 0 fully saturated rings. The molecule has 2 atom stereocenters. The molecule has 1 unspecified atom stereocenters. The van der Waals surface area contributed by atoms with Crippen LogP contribution in [-0.4, -0.2) is 13.1 Å². The van der Waals surface area contributed by atoms with E-state index in [1.165, 1.54) is 29.8 Å². The predicted octanol–water partition coefficient (Wildman–Crippen LogP) is 10.4. The Morgan fingerprint density at radius 1 is 0.927 bits per heavy atom. The van der Waals surface area contributed by atoms with Crippen molar-refractivity contribution in [3.8, 4) is 12.3 Å². The summed E-state index contributed by atoms with van der Waals surface area (Å²) >= 11 is 0. The number of rotatable bonds is 11. The van der Waals surface area contributed by atoms with Gasteiger partial charge in [0.2, 0.25) is 0 Å². The summed E-state index contributed by atoms with van der Waals surface area (Å²) in [5.41, 5.74) is 3.34. The van der Waals surface area contributed by atoms with Gasteiger partial charge in [0.15, 0.2) is 0 Å². The zero-order chi connectivity index (χ0) is 31.0. The van der Waals surface area contributed by atoms with Gasteiger partial charge in [0.25, 0.3) is 0 Å². The minimum Gasteiger partial charge on any atom is -0.493 e. The highest BCUT2D eigenvalue weighted by Gasteiger charge is 2.17. The standard InChI is InChI=1S/C20H25F2N.C12H12O.C3H6.C2H6/c1-15(5-4-6-17-7-9-18(21)10-8-17)16(2)23(3)20-13-11-19(22)12-14-20;1-3-7-11(2)13-10-12-8-5-4-6-9-12;1-3-2;1-2/h7-16H,4-6H2,1-3H3;1,4-6,8-9H,2,7,10H2;3H,1H2,2H3;1-2H3/t15-,16?;;;/m1.../s1. The van der Waals surface area contributed by atoms with Crippen molar-refractivity contribution in [3.05, 3.63) is 127 Å². The third-order valence-corrected chi connectivity index (χ3v) is 6.29. The van der Waals surface area contributed by atoms with Crippen molar-refractivity contribution in [1.29, 1.82) is 0 Å². The number of benzene rings is 3. The first-order valence-corrected chi connectivity index (χ1v) is 14.3. The van der Waals surface area contributed by atoms with Crippen molar-refractivity contribution in [2.75, 3.05) is 11.9 Å². The van der Waals surface area contributed by atoms with Gasteiger partial charge in [0.05, 0.1) is 6.42 Å². The molecule has 3 aromatic rings. The van der Waals surface area contributed by atoms with E-state index in [2.05, 4.69) is 37.8 Å². The summed E-state index contributed by atoms with van der Waals surface area (Å²) in [6, 6.07) is 23.7. The average molecular weight is 562 g/mol. The molecule has 0 aliphatic carbocycles. The quantitative estimate of drug-likeness (QED) is 0.131. The van der Waals surface area contributed by atoms with Gasteiger partial charge in [-0.15, -0.1) is 13.0 Å². The predicted molar refractivity (Wildman–Crippen MR) is 174 cm³/mol. The summed E-state index contributed by atoms with van der Waals surface area (Å²) in [6.45, 7) is 17.9. The fraction of sp³-hybridized carbons (Fsp3) is 0.351. The smallest absolute Gasteiger partial charge is 0.123 e. The second-order valence-corrected chi connectivity index (χ2v) is 9.43. The van der Waals surface area contributed by atoms with Crippen molar-refractivity contribution in [2.45, 2.75) is 73.0 Å². The van der Waals surface area contributed by atoms with Gasteiger partial charge in [-0.25, -0.2) is 8.78 Å². The van der Waals surface area contributed by atoms with Crippen molar-refractivity contribution in [3.63, 3.8) is 0 Å². The number of allylic oxidation sites excluding steroid dienone is 2. The van der Waals surface area contributed by atoms with Crippen LogP contribution in [0.25, 0.3) is 0 Å². The second-order valence-electron chi connectivity index (χ2n) is 9.43. The molecule has 0 aromatic heterocycles. The lowest BCUT2D eigenvalue weighted by Crippen LogP contribution is -2.34. The van der Waals surface area contributed by atoms with E-state index in [1.54, 1.807) is 6.08 Å². The fourth-order valence-corrected chi connectivity index (χ4v) is 3.74. The molecule has 0 saturated heterocycles. The molecule has 0 aliphatic heterocycles. The molecule has 3 aromatic carbocycles. The first-order chi connectivity index (χ1) is 19.7. The Hall–Kier alpha value is -3.84. The van der Waals surface area contributed by atoms with Crippen LogP contribution < -0.4 is 4.90 Å². The zero-order valence-electron chi connectivity index (χ0n) is 25.9. The van der Waals surface area contributed by atoms with E-state index in [0.29, 0.717) is 30.7 Å². The first-order valence-electron chi connectivity index (χ1n) is 14.3. The van der Waals surface area contributed by atoms with E-state index in [9.17, 15) is 8.78 Å². The number of nitrogens with zero attached hydrogens (tertiary/aromatic N) is 1. The molecule has 3 rings (SSSR count). The van der Waals surface area contributed by atoms with Gasteiger partial charge in [0.1, 0.15) is 24.0 Å². The highest BCUT2D eigenvalue weighted by Crippen LogP contribution is 2.23. The zero-order valence-corrected chi connectivity index (χ0v) is 25.9. The number of aryl methyl sites for hydroxylation is 1. The van der Waals surface area contributed by atoms with Crippen molar-refractivity contribution >= 4 is 5.69 Å². The van der Waals surface area contributed by atoms with Crippen LogP contribution in [-0.2, 0) is 17.8 Å². The van der Waals surface area contributed by atoms with Gasteiger partial charge in [-0.3, -0.25) is 0 Å². The number of ether oxygens (including phenoxy) is 1. The highest BCUT2D eigenvalue weighted by atomic mass is 19.1. The van der Waals surface area contributed by atoms with E-state index < -0.39 is 0 Å². The summed E-state index contributed by atoms with van der Waals surface area (Å²) in [4.78, 5) is 2.20. The molecular weight excluding hydrogens is 512 g/mol. The largest absolute Gasteiger partial charge is 0.493 e. The number of hydrogen-bond acceptors (Lipinski definition) is 2. The minimum absolute atomic E-state index is 0.184. The molecule has 0 aliphatic rings. The van der Waals surface area contributed by atoms with Gasteiger partial charge in [-0.2, -0.15) is 0 Å². The van der Waals surface area contributed by atoms with E-state index in [-0.39, 0.29) is 11.6 Å². The van der Waals surface area contributed by atoms with Crippen LogP contribution in [0.15, 0.2) is 104 Å². The normalized spacial score (nSPS) is 10.9. The van der Waals surface area contributed by atoms with Gasteiger partial charge in [-0.05, 0) is 86.6 Å². The molecule has 0 N–H and O–H groups in total. The lowest BCUT2D eigenvalue weighted by atomic mass is 9.94. The second kappa shape index (κ2) is 22.9. The molecular formula is C37H49F2NO. The topological polar surface area (TPSA) is 12.5 Å². The monoisotopic (exact) mass is 561 g/mol. The Kier molecular flexibility index (Phi) is 20.8. The molecule has 0 bridgehead atoms. The Bertz CT molecular complexity index is 1120. The summed E-state index contributed by atoms with van der Waals surface area (Å²) in [7, 11) is 2.05. The Balaban J connectivity index is 0.000000750. The number of anilines is 1. The summed E-state index contributed by atoms with van der Waals surface area (Å²) in [5, 5.41) is 0. The third-order valence-electron chi connectivity index (χ3n) is 6.29. The van der Waals surface area contributed by atoms with Gasteiger partial charge >= 0.3 is 0 Å². The van der Waals surface area contributed by atoms with Crippen molar-refractivity contribution < 1.29 is 13.5 Å². The third kappa shape index (κ3) is 16.8. The van der Waals surface area contributed by atoms with E-state index in [1.807, 2.05) is 82.4 Å². The molecule has 0 spiro atoms. The van der Waals surface area contributed by atoms with Crippen LogP contribution >= 0.6 is 0 Å². The number of hydrogen-bond donors (Lipinski definition) is 0. The van der Waals surface area contributed by atoms with Crippen molar-refractivity contribution in [2.24, 2.45) is 5.92 Å².